The van der Waals surface area contributed by atoms with Gasteiger partial charge in [0.25, 0.3) is 0 Å². The van der Waals surface area contributed by atoms with Crippen LogP contribution in [0.4, 0.5) is 0 Å². The SMILES string of the molecule is C=CC(=O)N[C@@H]1CCCC[C@H]1OC(C)(C)C. The summed E-state index contributed by atoms with van der Waals surface area (Å²) in [5.41, 5.74) is -0.154. The molecule has 0 radical (unpaired) electrons. The molecule has 1 saturated carbocycles. The summed E-state index contributed by atoms with van der Waals surface area (Å²) >= 11 is 0. The molecule has 0 unspecified atom stereocenters. The lowest BCUT2D eigenvalue weighted by Gasteiger charge is -2.36. The summed E-state index contributed by atoms with van der Waals surface area (Å²) in [7, 11) is 0. The van der Waals surface area contributed by atoms with Crippen molar-refractivity contribution in [2.45, 2.75) is 64.2 Å². The van der Waals surface area contributed by atoms with Crippen molar-refractivity contribution in [1.29, 1.82) is 0 Å². The molecule has 92 valence electrons. The molecular weight excluding hydrogens is 202 g/mol. The zero-order valence-corrected chi connectivity index (χ0v) is 10.6. The highest BCUT2D eigenvalue weighted by Gasteiger charge is 2.29. The molecule has 0 heterocycles. The fourth-order valence-corrected chi connectivity index (χ4v) is 2.10. The third-order valence-corrected chi connectivity index (χ3v) is 2.72. The Balaban J connectivity index is 2.56. The lowest BCUT2D eigenvalue weighted by Crippen LogP contribution is -2.48. The minimum absolute atomic E-state index is 0.102. The Kier molecular flexibility index (Phi) is 4.54. The van der Waals surface area contributed by atoms with Crippen molar-refractivity contribution in [2.75, 3.05) is 0 Å². The minimum atomic E-state index is -0.154. The van der Waals surface area contributed by atoms with Crippen LogP contribution in [0.1, 0.15) is 46.5 Å². The number of nitrogens with one attached hydrogen (secondary N) is 1. The van der Waals surface area contributed by atoms with E-state index in [9.17, 15) is 4.79 Å². The molecule has 1 fully saturated rings. The van der Waals surface area contributed by atoms with Gasteiger partial charge in [-0.25, -0.2) is 0 Å². The summed E-state index contributed by atoms with van der Waals surface area (Å²) in [6.45, 7) is 9.62. The Morgan fingerprint density at radius 1 is 1.38 bits per heavy atom. The lowest BCUT2D eigenvalue weighted by atomic mass is 9.91. The predicted octanol–water partition coefficient (Wildman–Crippen LogP) is 2.41. The summed E-state index contributed by atoms with van der Waals surface area (Å²) in [6.07, 6.45) is 5.83. The third-order valence-electron chi connectivity index (χ3n) is 2.72. The van der Waals surface area contributed by atoms with Gasteiger partial charge in [-0.05, 0) is 39.7 Å². The number of ether oxygens (including phenoxy) is 1. The van der Waals surface area contributed by atoms with E-state index in [0.29, 0.717) is 0 Å². The Bertz CT molecular complexity index is 255. The van der Waals surface area contributed by atoms with E-state index >= 15 is 0 Å². The van der Waals surface area contributed by atoms with E-state index in [2.05, 4.69) is 11.9 Å². The van der Waals surface area contributed by atoms with Gasteiger partial charge in [0.1, 0.15) is 0 Å². The number of carbonyl (C=O) groups excluding carboxylic acids is 1. The Morgan fingerprint density at radius 2 is 2.00 bits per heavy atom. The molecule has 0 aromatic carbocycles. The summed E-state index contributed by atoms with van der Waals surface area (Å²) in [5.74, 6) is -0.102. The van der Waals surface area contributed by atoms with Crippen molar-refractivity contribution >= 4 is 5.91 Å². The minimum Gasteiger partial charge on any atom is -0.371 e. The summed E-state index contributed by atoms with van der Waals surface area (Å²) in [6, 6.07) is 0.137. The number of rotatable bonds is 3. The molecule has 1 rings (SSSR count). The summed E-state index contributed by atoms with van der Waals surface area (Å²) < 4.78 is 5.99. The molecule has 0 bridgehead atoms. The molecule has 0 aliphatic heterocycles. The number of hydrogen-bond donors (Lipinski definition) is 1. The first-order valence-electron chi connectivity index (χ1n) is 6.03. The second-order valence-electron chi connectivity index (χ2n) is 5.37. The fraction of sp³-hybridized carbons (Fsp3) is 0.769. The van der Waals surface area contributed by atoms with E-state index in [1.165, 1.54) is 12.5 Å². The van der Waals surface area contributed by atoms with Crippen LogP contribution in [0.3, 0.4) is 0 Å². The van der Waals surface area contributed by atoms with Crippen molar-refractivity contribution < 1.29 is 9.53 Å². The lowest BCUT2D eigenvalue weighted by molar-refractivity contribution is -0.122. The molecule has 1 aliphatic carbocycles. The molecule has 0 aromatic rings. The molecule has 0 spiro atoms. The van der Waals surface area contributed by atoms with Gasteiger partial charge in [-0.15, -0.1) is 0 Å². The average Bonchev–Trinajstić information content (AvgIpc) is 2.18. The smallest absolute Gasteiger partial charge is 0.243 e. The van der Waals surface area contributed by atoms with Crippen LogP contribution in [0.25, 0.3) is 0 Å². The third kappa shape index (κ3) is 4.35. The van der Waals surface area contributed by atoms with E-state index in [4.69, 9.17) is 4.74 Å². The van der Waals surface area contributed by atoms with Crippen LogP contribution in [0, 0.1) is 0 Å². The number of carbonyl (C=O) groups is 1. The van der Waals surface area contributed by atoms with Gasteiger partial charge in [0.2, 0.25) is 5.91 Å². The largest absolute Gasteiger partial charge is 0.371 e. The molecule has 1 aliphatic rings. The van der Waals surface area contributed by atoms with Crippen LogP contribution in [0.15, 0.2) is 12.7 Å². The highest BCUT2D eigenvalue weighted by atomic mass is 16.5. The molecule has 16 heavy (non-hydrogen) atoms. The molecular formula is C13H23NO2. The quantitative estimate of drug-likeness (QED) is 0.749. The zero-order valence-electron chi connectivity index (χ0n) is 10.6. The maximum absolute atomic E-state index is 11.3. The first-order valence-corrected chi connectivity index (χ1v) is 6.03. The van der Waals surface area contributed by atoms with E-state index in [0.717, 1.165) is 19.3 Å². The average molecular weight is 225 g/mol. The van der Waals surface area contributed by atoms with Gasteiger partial charge in [-0.3, -0.25) is 4.79 Å². The van der Waals surface area contributed by atoms with Crippen molar-refractivity contribution in [2.24, 2.45) is 0 Å². The van der Waals surface area contributed by atoms with E-state index in [1.54, 1.807) is 0 Å². The molecule has 3 heteroatoms. The Morgan fingerprint density at radius 3 is 2.56 bits per heavy atom. The van der Waals surface area contributed by atoms with Crippen LogP contribution < -0.4 is 5.32 Å². The first-order chi connectivity index (χ1) is 7.42. The van der Waals surface area contributed by atoms with Gasteiger partial charge in [0.15, 0.2) is 0 Å². The maximum atomic E-state index is 11.3. The molecule has 1 amide bonds. The van der Waals surface area contributed by atoms with Crippen LogP contribution >= 0.6 is 0 Å². The van der Waals surface area contributed by atoms with E-state index < -0.39 is 0 Å². The van der Waals surface area contributed by atoms with Crippen molar-refractivity contribution in [1.82, 2.24) is 5.32 Å². The van der Waals surface area contributed by atoms with Crippen LogP contribution in [0.5, 0.6) is 0 Å². The monoisotopic (exact) mass is 225 g/mol. The van der Waals surface area contributed by atoms with E-state index in [1.807, 2.05) is 20.8 Å². The molecule has 0 aromatic heterocycles. The second-order valence-corrected chi connectivity index (χ2v) is 5.37. The first kappa shape index (κ1) is 13.2. The van der Waals surface area contributed by atoms with Crippen molar-refractivity contribution in [3.05, 3.63) is 12.7 Å². The molecule has 1 N–H and O–H groups in total. The van der Waals surface area contributed by atoms with E-state index in [-0.39, 0.29) is 23.7 Å². The Hall–Kier alpha value is -0.830. The fourth-order valence-electron chi connectivity index (χ4n) is 2.10. The van der Waals surface area contributed by atoms with Crippen LogP contribution in [-0.4, -0.2) is 23.7 Å². The summed E-state index contributed by atoms with van der Waals surface area (Å²) in [4.78, 5) is 11.3. The van der Waals surface area contributed by atoms with Crippen molar-refractivity contribution in [3.63, 3.8) is 0 Å². The molecule has 3 nitrogen and oxygen atoms in total. The predicted molar refractivity (Wildman–Crippen MR) is 65.2 cm³/mol. The maximum Gasteiger partial charge on any atom is 0.243 e. The zero-order chi connectivity index (χ0) is 12.2. The van der Waals surface area contributed by atoms with Gasteiger partial charge in [-0.2, -0.15) is 0 Å². The standard InChI is InChI=1S/C13H23NO2/c1-5-12(15)14-10-8-6-7-9-11(10)16-13(2,3)4/h5,10-11H,1,6-9H2,2-4H3,(H,14,15)/t10-,11-/m1/s1. The number of amides is 1. The van der Waals surface area contributed by atoms with Gasteiger partial charge < -0.3 is 10.1 Å². The Labute approximate surface area is 98.2 Å². The van der Waals surface area contributed by atoms with Crippen molar-refractivity contribution in [3.8, 4) is 0 Å². The number of hydrogen-bond acceptors (Lipinski definition) is 2. The normalized spacial score (nSPS) is 26.2. The van der Waals surface area contributed by atoms with Gasteiger partial charge >= 0.3 is 0 Å². The van der Waals surface area contributed by atoms with Crippen LogP contribution in [0.2, 0.25) is 0 Å². The summed E-state index contributed by atoms with van der Waals surface area (Å²) in [5, 5.41) is 2.96. The van der Waals surface area contributed by atoms with Gasteiger partial charge in [0, 0.05) is 0 Å². The second kappa shape index (κ2) is 5.48. The van der Waals surface area contributed by atoms with Crippen LogP contribution in [-0.2, 0) is 9.53 Å². The van der Waals surface area contributed by atoms with Gasteiger partial charge in [-0.1, -0.05) is 19.4 Å². The topological polar surface area (TPSA) is 38.3 Å². The van der Waals surface area contributed by atoms with Gasteiger partial charge in [0.05, 0.1) is 17.7 Å². The molecule has 0 saturated heterocycles. The molecule has 2 atom stereocenters. The highest BCUT2D eigenvalue weighted by Crippen LogP contribution is 2.25. The highest BCUT2D eigenvalue weighted by molar-refractivity contribution is 5.87.